The van der Waals surface area contributed by atoms with Crippen LogP contribution < -0.4 is 9.47 Å². The van der Waals surface area contributed by atoms with E-state index >= 15 is 0 Å². The fourth-order valence-corrected chi connectivity index (χ4v) is 4.99. The lowest BCUT2D eigenvalue weighted by Gasteiger charge is -2.36. The van der Waals surface area contributed by atoms with Crippen LogP contribution in [0.3, 0.4) is 0 Å². The molecule has 5 nitrogen and oxygen atoms in total. The SMILES string of the molecule is CCOc1cc(C2C3=C(CCCC3=O)OC3=C2C(=O)CCC3)cc(Br)c1OC. The van der Waals surface area contributed by atoms with E-state index in [9.17, 15) is 9.59 Å². The average molecular weight is 447 g/mol. The lowest BCUT2D eigenvalue weighted by atomic mass is 9.73. The molecule has 0 saturated carbocycles. The van der Waals surface area contributed by atoms with Gasteiger partial charge in [0.15, 0.2) is 23.1 Å². The summed E-state index contributed by atoms with van der Waals surface area (Å²) in [6, 6.07) is 3.82. The van der Waals surface area contributed by atoms with Crippen molar-refractivity contribution in [1.82, 2.24) is 0 Å². The minimum Gasteiger partial charge on any atom is -0.492 e. The second kappa shape index (κ2) is 7.74. The van der Waals surface area contributed by atoms with Crippen molar-refractivity contribution in [2.45, 2.75) is 51.4 Å². The van der Waals surface area contributed by atoms with E-state index in [1.54, 1.807) is 7.11 Å². The Morgan fingerprint density at radius 2 is 1.64 bits per heavy atom. The van der Waals surface area contributed by atoms with Crippen molar-refractivity contribution < 1.29 is 23.8 Å². The summed E-state index contributed by atoms with van der Waals surface area (Å²) in [6.45, 7) is 2.39. The summed E-state index contributed by atoms with van der Waals surface area (Å²) in [5.41, 5.74) is 2.13. The number of hydrogen-bond acceptors (Lipinski definition) is 5. The van der Waals surface area contributed by atoms with E-state index in [2.05, 4.69) is 15.9 Å². The minimum absolute atomic E-state index is 0.0704. The number of rotatable bonds is 4. The van der Waals surface area contributed by atoms with Crippen LogP contribution in [-0.2, 0) is 14.3 Å². The highest BCUT2D eigenvalue weighted by Gasteiger charge is 2.42. The molecule has 0 bridgehead atoms. The molecule has 1 aliphatic heterocycles. The van der Waals surface area contributed by atoms with Crippen molar-refractivity contribution in [1.29, 1.82) is 0 Å². The molecule has 148 valence electrons. The molecule has 0 radical (unpaired) electrons. The van der Waals surface area contributed by atoms with E-state index in [-0.39, 0.29) is 11.6 Å². The lowest BCUT2D eigenvalue weighted by Crippen LogP contribution is -2.30. The van der Waals surface area contributed by atoms with Gasteiger partial charge in [-0.1, -0.05) is 0 Å². The Labute approximate surface area is 172 Å². The van der Waals surface area contributed by atoms with Crippen LogP contribution in [0.25, 0.3) is 0 Å². The molecule has 0 spiro atoms. The quantitative estimate of drug-likeness (QED) is 0.651. The first-order valence-corrected chi connectivity index (χ1v) is 10.5. The number of halogens is 1. The van der Waals surface area contributed by atoms with Gasteiger partial charge in [-0.2, -0.15) is 0 Å². The zero-order chi connectivity index (χ0) is 19.8. The van der Waals surface area contributed by atoms with Gasteiger partial charge in [-0.05, 0) is 53.4 Å². The molecule has 0 fully saturated rings. The van der Waals surface area contributed by atoms with Gasteiger partial charge in [0.2, 0.25) is 0 Å². The Morgan fingerprint density at radius 3 is 2.18 bits per heavy atom. The summed E-state index contributed by atoms with van der Waals surface area (Å²) in [4.78, 5) is 25.7. The number of allylic oxidation sites excluding steroid dienone is 4. The van der Waals surface area contributed by atoms with E-state index in [1.165, 1.54) is 0 Å². The Balaban J connectivity index is 1.92. The van der Waals surface area contributed by atoms with Crippen molar-refractivity contribution in [2.75, 3.05) is 13.7 Å². The van der Waals surface area contributed by atoms with Gasteiger partial charge in [0.1, 0.15) is 11.5 Å². The maximum absolute atomic E-state index is 12.9. The zero-order valence-electron chi connectivity index (χ0n) is 16.1. The highest BCUT2D eigenvalue weighted by Crippen LogP contribution is 2.50. The molecule has 28 heavy (non-hydrogen) atoms. The maximum atomic E-state index is 12.9. The second-order valence-corrected chi connectivity index (χ2v) is 8.08. The summed E-state index contributed by atoms with van der Waals surface area (Å²) in [6.07, 6.45) is 4.03. The van der Waals surface area contributed by atoms with Crippen molar-refractivity contribution in [3.05, 3.63) is 44.8 Å². The van der Waals surface area contributed by atoms with Crippen molar-refractivity contribution in [2.24, 2.45) is 0 Å². The molecule has 2 aliphatic carbocycles. The summed E-state index contributed by atoms with van der Waals surface area (Å²) in [5, 5.41) is 0. The van der Waals surface area contributed by atoms with Gasteiger partial charge < -0.3 is 14.2 Å². The molecule has 0 unspecified atom stereocenters. The summed E-state index contributed by atoms with van der Waals surface area (Å²) in [7, 11) is 1.59. The van der Waals surface area contributed by atoms with Gasteiger partial charge in [-0.25, -0.2) is 0 Å². The van der Waals surface area contributed by atoms with Gasteiger partial charge in [-0.3, -0.25) is 9.59 Å². The van der Waals surface area contributed by atoms with Crippen molar-refractivity contribution in [3.8, 4) is 11.5 Å². The summed E-state index contributed by atoms with van der Waals surface area (Å²) >= 11 is 3.56. The van der Waals surface area contributed by atoms with Crippen molar-refractivity contribution in [3.63, 3.8) is 0 Å². The van der Waals surface area contributed by atoms with Crippen LogP contribution in [0.2, 0.25) is 0 Å². The van der Waals surface area contributed by atoms with E-state index in [1.807, 2.05) is 19.1 Å². The monoisotopic (exact) mass is 446 g/mol. The number of hydrogen-bond donors (Lipinski definition) is 0. The molecule has 0 aromatic heterocycles. The second-order valence-electron chi connectivity index (χ2n) is 7.23. The largest absolute Gasteiger partial charge is 0.492 e. The Bertz CT molecular complexity index is 870. The highest BCUT2D eigenvalue weighted by atomic mass is 79.9. The Kier molecular flexibility index (Phi) is 5.32. The topological polar surface area (TPSA) is 61.8 Å². The molecule has 4 rings (SSSR count). The molecule has 0 N–H and O–H groups in total. The van der Waals surface area contributed by atoms with Gasteiger partial charge in [0.05, 0.1) is 18.2 Å². The maximum Gasteiger partial charge on any atom is 0.174 e. The number of benzene rings is 1. The van der Waals surface area contributed by atoms with Crippen LogP contribution in [0.1, 0.15) is 56.9 Å². The van der Waals surface area contributed by atoms with Gasteiger partial charge in [0, 0.05) is 42.7 Å². The lowest BCUT2D eigenvalue weighted by molar-refractivity contribution is -0.117. The fraction of sp³-hybridized carbons (Fsp3) is 0.455. The number of ether oxygens (including phenoxy) is 3. The average Bonchev–Trinajstić information content (AvgIpc) is 2.67. The predicted octanol–water partition coefficient (Wildman–Crippen LogP) is 4.98. The van der Waals surface area contributed by atoms with E-state index in [0.717, 1.165) is 47.2 Å². The molecular weight excluding hydrogens is 424 g/mol. The van der Waals surface area contributed by atoms with Crippen LogP contribution in [0.15, 0.2) is 39.3 Å². The number of carbonyl (C=O) groups is 2. The number of Topliss-reactive ketones (excluding diaryl/α,β-unsaturated/α-hetero) is 2. The molecule has 0 saturated heterocycles. The van der Waals surface area contributed by atoms with Crippen molar-refractivity contribution >= 4 is 27.5 Å². The van der Waals surface area contributed by atoms with Crippen LogP contribution in [0, 0.1) is 0 Å². The first-order chi connectivity index (χ1) is 13.5. The highest BCUT2D eigenvalue weighted by molar-refractivity contribution is 9.10. The Morgan fingerprint density at radius 1 is 1.04 bits per heavy atom. The molecule has 1 heterocycles. The standard InChI is InChI=1S/C22H23BrO5/c1-3-27-18-11-12(10-13(23)22(18)26-2)19-20-14(24)6-4-8-16(20)28-17-9-5-7-15(25)21(17)19/h10-11,19H,3-9H2,1-2H3. The number of carbonyl (C=O) groups excluding carboxylic acids is 2. The van der Waals surface area contributed by atoms with Gasteiger partial charge in [0.25, 0.3) is 0 Å². The van der Waals surface area contributed by atoms with E-state index in [0.29, 0.717) is 42.1 Å². The molecule has 1 aromatic carbocycles. The first-order valence-electron chi connectivity index (χ1n) is 9.75. The van der Waals surface area contributed by atoms with Crippen LogP contribution in [-0.4, -0.2) is 25.3 Å². The predicted molar refractivity (Wildman–Crippen MR) is 107 cm³/mol. The first kappa shape index (κ1) is 19.2. The van der Waals surface area contributed by atoms with E-state index < -0.39 is 5.92 Å². The van der Waals surface area contributed by atoms with Crippen LogP contribution >= 0.6 is 15.9 Å². The van der Waals surface area contributed by atoms with E-state index in [4.69, 9.17) is 14.2 Å². The zero-order valence-corrected chi connectivity index (χ0v) is 17.7. The fourth-order valence-electron chi connectivity index (χ4n) is 4.37. The molecule has 6 heteroatoms. The summed E-state index contributed by atoms with van der Waals surface area (Å²) in [5.74, 6) is 2.41. The van der Waals surface area contributed by atoms with Crippen LogP contribution in [0.4, 0.5) is 0 Å². The summed E-state index contributed by atoms with van der Waals surface area (Å²) < 4.78 is 18.1. The molecule has 3 aliphatic rings. The minimum atomic E-state index is -0.402. The van der Waals surface area contributed by atoms with Gasteiger partial charge in [-0.15, -0.1) is 0 Å². The van der Waals surface area contributed by atoms with Gasteiger partial charge >= 0.3 is 0 Å². The third kappa shape index (κ3) is 3.17. The number of ketones is 2. The molecule has 0 atom stereocenters. The smallest absolute Gasteiger partial charge is 0.174 e. The molecule has 1 aromatic rings. The third-order valence-corrected chi connectivity index (χ3v) is 6.10. The molecule has 0 amide bonds. The van der Waals surface area contributed by atoms with Crippen LogP contribution in [0.5, 0.6) is 11.5 Å². The molecular formula is C22H23BrO5. The Hall–Kier alpha value is -2.08. The third-order valence-electron chi connectivity index (χ3n) is 5.51. The normalized spacial score (nSPS) is 20.0. The number of methoxy groups -OCH3 is 1.